The molecule has 0 aromatic rings. The lowest BCUT2D eigenvalue weighted by Gasteiger charge is -2.37. The Bertz CT molecular complexity index is 1050. The van der Waals surface area contributed by atoms with Gasteiger partial charge in [0, 0.05) is 6.54 Å². The molecule has 252 valence electrons. The fourth-order valence-electron chi connectivity index (χ4n) is 5.56. The van der Waals surface area contributed by atoms with Crippen LogP contribution in [0.4, 0.5) is 4.79 Å². The topological polar surface area (TPSA) is 160 Å². The predicted molar refractivity (Wildman–Crippen MR) is 170 cm³/mol. The van der Waals surface area contributed by atoms with Crippen molar-refractivity contribution in [2.24, 2.45) is 34.3 Å². The van der Waals surface area contributed by atoms with Crippen LogP contribution in [-0.4, -0.2) is 77.4 Å². The maximum Gasteiger partial charge on any atom is 0.315 e. The fourth-order valence-corrected chi connectivity index (χ4v) is 5.56. The van der Waals surface area contributed by atoms with Crippen molar-refractivity contribution in [2.45, 2.75) is 138 Å². The molecular weight excluding hydrogens is 562 g/mol. The Balaban J connectivity index is 2.29. The summed E-state index contributed by atoms with van der Waals surface area (Å²) in [5.41, 5.74) is 3.93. The Morgan fingerprint density at radius 3 is 1.91 bits per heavy atom. The third kappa shape index (κ3) is 10.7. The molecule has 5 N–H and O–H groups in total. The Morgan fingerprint density at radius 1 is 0.886 bits per heavy atom. The fraction of sp³-hybridized carbons (Fsp3) is 0.848. The molecule has 2 fully saturated rings. The lowest BCUT2D eigenvalue weighted by atomic mass is 9.80. The molecule has 3 unspecified atom stereocenters. The second-order valence-electron chi connectivity index (χ2n) is 16.3. The number of amides is 5. The molecular formula is C33H59N5O6. The van der Waals surface area contributed by atoms with Crippen LogP contribution in [0.25, 0.3) is 0 Å². The van der Waals surface area contributed by atoms with E-state index >= 15 is 0 Å². The van der Waals surface area contributed by atoms with E-state index in [0.29, 0.717) is 26.0 Å². The molecule has 1 saturated heterocycles. The Labute approximate surface area is 264 Å². The number of carbonyl (C=O) groups excluding carboxylic acids is 5. The van der Waals surface area contributed by atoms with E-state index in [1.807, 2.05) is 76.2 Å². The van der Waals surface area contributed by atoms with Gasteiger partial charge in [-0.3, -0.25) is 19.2 Å². The summed E-state index contributed by atoms with van der Waals surface area (Å²) < 4.78 is 5.98. The van der Waals surface area contributed by atoms with Gasteiger partial charge in [-0.25, -0.2) is 4.79 Å². The molecule has 2 rings (SSSR count). The number of urea groups is 1. The molecule has 0 bridgehead atoms. The largest absolute Gasteiger partial charge is 0.374 e. The van der Waals surface area contributed by atoms with Crippen LogP contribution in [0.2, 0.25) is 0 Å². The molecule has 11 heteroatoms. The third-order valence-corrected chi connectivity index (χ3v) is 8.95. The minimum Gasteiger partial charge on any atom is -0.374 e. The van der Waals surface area contributed by atoms with Crippen LogP contribution in [0.1, 0.15) is 108 Å². The second-order valence-corrected chi connectivity index (χ2v) is 16.3. The number of Topliss-reactive ketones (excluding diaryl/α,β-unsaturated/α-hetero) is 1. The summed E-state index contributed by atoms with van der Waals surface area (Å²) in [6, 6.07) is -3.64. The van der Waals surface area contributed by atoms with Crippen molar-refractivity contribution in [1.82, 2.24) is 20.9 Å². The minimum atomic E-state index is -1.08. The highest BCUT2D eigenvalue weighted by Crippen LogP contribution is 2.34. The predicted octanol–water partition coefficient (Wildman–Crippen LogP) is 3.53. The third-order valence-electron chi connectivity index (χ3n) is 8.95. The lowest BCUT2D eigenvalue weighted by Crippen LogP contribution is -2.61. The summed E-state index contributed by atoms with van der Waals surface area (Å²) in [4.78, 5) is 67.3. The average molecular weight is 622 g/mol. The number of primary amides is 1. The minimum absolute atomic E-state index is 0.0425. The number of hydrogen-bond acceptors (Lipinski definition) is 6. The SMILES string of the molecule is CC(C)[C@@H]1CC(C(=O)NC(CC2CCC2)C(=O)C(N)=O)N(C(=O)C(NC(=O)N[C@@H](COC(C)(C)C)C(C)(C)C)C(C)(C)C)C1. The number of ketones is 1. The maximum absolute atomic E-state index is 14.2. The molecule has 0 aromatic carbocycles. The van der Waals surface area contributed by atoms with Gasteiger partial charge < -0.3 is 31.3 Å². The molecule has 1 heterocycles. The van der Waals surface area contributed by atoms with Crippen LogP contribution in [0.5, 0.6) is 0 Å². The molecule has 1 aliphatic heterocycles. The maximum atomic E-state index is 14.2. The summed E-state index contributed by atoms with van der Waals surface area (Å²) in [6.07, 6.45) is 3.67. The van der Waals surface area contributed by atoms with Gasteiger partial charge in [0.1, 0.15) is 12.1 Å². The summed E-state index contributed by atoms with van der Waals surface area (Å²) >= 11 is 0. The van der Waals surface area contributed by atoms with E-state index in [1.165, 1.54) is 4.90 Å². The molecule has 1 saturated carbocycles. The number of nitrogens with two attached hydrogens (primary N) is 1. The quantitative estimate of drug-likeness (QED) is 0.244. The lowest BCUT2D eigenvalue weighted by molar-refractivity contribution is -0.143. The number of likely N-dealkylation sites (tertiary alicyclic amines) is 1. The van der Waals surface area contributed by atoms with Crippen molar-refractivity contribution < 1.29 is 28.7 Å². The van der Waals surface area contributed by atoms with Crippen LogP contribution < -0.4 is 21.7 Å². The van der Waals surface area contributed by atoms with E-state index < -0.39 is 47.2 Å². The van der Waals surface area contributed by atoms with Gasteiger partial charge in [-0.05, 0) is 62.2 Å². The number of nitrogens with one attached hydrogen (secondary N) is 3. The zero-order valence-corrected chi connectivity index (χ0v) is 29.0. The average Bonchev–Trinajstić information content (AvgIpc) is 3.29. The van der Waals surface area contributed by atoms with Gasteiger partial charge >= 0.3 is 6.03 Å². The summed E-state index contributed by atoms with van der Waals surface area (Å²) in [6.45, 7) is 22.2. The number of rotatable bonds is 12. The van der Waals surface area contributed by atoms with Gasteiger partial charge in [0.15, 0.2) is 0 Å². The highest BCUT2D eigenvalue weighted by molar-refractivity contribution is 6.37. The number of nitrogens with zero attached hydrogens (tertiary/aromatic N) is 1. The molecule has 0 radical (unpaired) electrons. The number of carbonyl (C=O) groups is 5. The highest BCUT2D eigenvalue weighted by Gasteiger charge is 2.46. The number of hydrogen-bond donors (Lipinski definition) is 4. The summed E-state index contributed by atoms with van der Waals surface area (Å²) in [5, 5.41) is 8.69. The Hall–Kier alpha value is -2.69. The molecule has 0 spiro atoms. The molecule has 44 heavy (non-hydrogen) atoms. The van der Waals surface area contributed by atoms with Gasteiger partial charge in [0.05, 0.1) is 24.3 Å². The first-order valence-electron chi connectivity index (χ1n) is 16.2. The van der Waals surface area contributed by atoms with Crippen molar-refractivity contribution >= 4 is 29.5 Å². The molecule has 5 atom stereocenters. The van der Waals surface area contributed by atoms with Crippen LogP contribution in [0.15, 0.2) is 0 Å². The van der Waals surface area contributed by atoms with E-state index in [0.717, 1.165) is 19.3 Å². The monoisotopic (exact) mass is 621 g/mol. The van der Waals surface area contributed by atoms with Crippen LogP contribution >= 0.6 is 0 Å². The van der Waals surface area contributed by atoms with Crippen LogP contribution in [-0.2, 0) is 23.9 Å². The zero-order chi connectivity index (χ0) is 33.8. The molecule has 5 amide bonds. The second kappa shape index (κ2) is 14.6. The van der Waals surface area contributed by atoms with Crippen molar-refractivity contribution in [3.8, 4) is 0 Å². The first-order valence-corrected chi connectivity index (χ1v) is 16.2. The van der Waals surface area contributed by atoms with Gasteiger partial charge in [0.25, 0.3) is 5.91 Å². The van der Waals surface area contributed by atoms with Gasteiger partial charge in [-0.1, -0.05) is 74.7 Å². The van der Waals surface area contributed by atoms with E-state index in [4.69, 9.17) is 10.5 Å². The van der Waals surface area contributed by atoms with Gasteiger partial charge in [0.2, 0.25) is 17.6 Å². The van der Waals surface area contributed by atoms with E-state index in [1.54, 1.807) is 0 Å². The smallest absolute Gasteiger partial charge is 0.315 e. The summed E-state index contributed by atoms with van der Waals surface area (Å²) in [5.74, 6) is -2.28. The molecule has 1 aliphatic carbocycles. The van der Waals surface area contributed by atoms with Crippen molar-refractivity contribution in [3.63, 3.8) is 0 Å². The van der Waals surface area contributed by atoms with Crippen molar-refractivity contribution in [2.75, 3.05) is 13.2 Å². The summed E-state index contributed by atoms with van der Waals surface area (Å²) in [7, 11) is 0. The van der Waals surface area contributed by atoms with E-state index in [9.17, 15) is 24.0 Å². The van der Waals surface area contributed by atoms with Crippen molar-refractivity contribution in [1.29, 1.82) is 0 Å². The van der Waals surface area contributed by atoms with Crippen molar-refractivity contribution in [3.05, 3.63) is 0 Å². The Kier molecular flexibility index (Phi) is 12.4. The number of ether oxygens (including phenoxy) is 1. The molecule has 0 aromatic heterocycles. The molecule has 2 aliphatic rings. The van der Waals surface area contributed by atoms with E-state index in [-0.39, 0.29) is 40.7 Å². The molecule has 11 nitrogen and oxygen atoms in total. The van der Waals surface area contributed by atoms with Gasteiger partial charge in [-0.2, -0.15) is 0 Å². The van der Waals surface area contributed by atoms with Crippen LogP contribution in [0.3, 0.4) is 0 Å². The standard InChI is InChI=1S/C33H59N5O6/c1-19(2)21-16-23(28(41)35-22(25(39)27(34)40)15-20-13-12-14-20)38(17-21)29(42)26(32(6,7)8)37-30(43)36-24(31(3,4)5)18-44-33(9,10)11/h19-24,26H,12-18H2,1-11H3,(H2,34,40)(H,35,41)(H2,36,37,43)/t21-,22?,23?,24+,26?/m1/s1. The zero-order valence-electron chi connectivity index (χ0n) is 29.0. The van der Waals surface area contributed by atoms with E-state index in [2.05, 4.69) is 16.0 Å². The first-order chi connectivity index (χ1) is 20.0. The highest BCUT2D eigenvalue weighted by atomic mass is 16.5. The Morgan fingerprint density at radius 2 is 1.48 bits per heavy atom. The first kappa shape index (κ1) is 37.5. The normalized spacial score (nSPS) is 21.7. The van der Waals surface area contributed by atoms with Crippen LogP contribution in [0, 0.1) is 28.6 Å². The van der Waals surface area contributed by atoms with Gasteiger partial charge in [-0.15, -0.1) is 0 Å².